The molecule has 100 valence electrons. The van der Waals surface area contributed by atoms with Crippen molar-refractivity contribution in [3.05, 3.63) is 72.6 Å². The Morgan fingerprint density at radius 1 is 1.05 bits per heavy atom. The zero-order valence-electron chi connectivity index (χ0n) is 10.9. The highest BCUT2D eigenvalue weighted by molar-refractivity contribution is 5.53. The van der Waals surface area contributed by atoms with E-state index in [0.29, 0.717) is 13.0 Å². The zero-order chi connectivity index (χ0) is 13.8. The van der Waals surface area contributed by atoms with E-state index in [1.54, 1.807) is 24.7 Å². The summed E-state index contributed by atoms with van der Waals surface area (Å²) in [6.07, 6.45) is 7.81. The monoisotopic (exact) mass is 267 g/mol. The number of nitrogens with zero attached hydrogens (tertiary/aromatic N) is 3. The van der Waals surface area contributed by atoms with Crippen molar-refractivity contribution >= 4 is 0 Å². The van der Waals surface area contributed by atoms with Gasteiger partial charge in [-0.1, -0.05) is 18.2 Å². The molecule has 2 heterocycles. The van der Waals surface area contributed by atoms with Gasteiger partial charge in [0, 0.05) is 36.9 Å². The molecule has 3 nitrogen and oxygen atoms in total. The molecule has 3 aromatic rings. The predicted octanol–water partition coefficient (Wildman–Crippen LogP) is 3.33. The summed E-state index contributed by atoms with van der Waals surface area (Å²) in [4.78, 5) is 8.45. The van der Waals surface area contributed by atoms with Crippen molar-refractivity contribution in [3.8, 4) is 11.4 Å². The molecule has 0 saturated carbocycles. The van der Waals surface area contributed by atoms with Crippen LogP contribution in [0.5, 0.6) is 0 Å². The summed E-state index contributed by atoms with van der Waals surface area (Å²) >= 11 is 0. The van der Waals surface area contributed by atoms with Crippen molar-refractivity contribution in [1.29, 1.82) is 0 Å². The highest BCUT2D eigenvalue weighted by atomic mass is 19.1. The molecule has 0 spiro atoms. The Morgan fingerprint density at radius 2 is 1.95 bits per heavy atom. The topological polar surface area (TPSA) is 30.7 Å². The lowest BCUT2D eigenvalue weighted by Gasteiger charge is -2.08. The number of benzene rings is 1. The van der Waals surface area contributed by atoms with Gasteiger partial charge in [-0.25, -0.2) is 9.37 Å². The molecule has 0 radical (unpaired) electrons. The maximum Gasteiger partial charge on any atom is 0.141 e. The molecule has 3 rings (SSSR count). The molecule has 0 aliphatic carbocycles. The number of rotatable bonds is 4. The van der Waals surface area contributed by atoms with Gasteiger partial charge in [-0.05, 0) is 30.2 Å². The Kier molecular flexibility index (Phi) is 3.54. The summed E-state index contributed by atoms with van der Waals surface area (Å²) in [5, 5.41) is 0. The highest BCUT2D eigenvalue weighted by Crippen LogP contribution is 2.17. The number of hydrogen-bond donors (Lipinski definition) is 0. The third kappa shape index (κ3) is 2.59. The minimum Gasteiger partial charge on any atom is -0.331 e. The quantitative estimate of drug-likeness (QED) is 0.726. The second kappa shape index (κ2) is 5.65. The molecule has 0 saturated heterocycles. The molecule has 0 fully saturated rings. The minimum absolute atomic E-state index is 0.157. The number of imidazole rings is 1. The third-order valence-corrected chi connectivity index (χ3v) is 3.22. The molecule has 0 amide bonds. The average Bonchev–Trinajstić information content (AvgIpc) is 2.96. The van der Waals surface area contributed by atoms with E-state index in [2.05, 4.69) is 9.97 Å². The molecule has 0 atom stereocenters. The summed E-state index contributed by atoms with van der Waals surface area (Å²) in [6.45, 7) is 0.686. The minimum atomic E-state index is -0.157. The second-order valence-electron chi connectivity index (χ2n) is 4.53. The van der Waals surface area contributed by atoms with E-state index in [9.17, 15) is 4.39 Å². The summed E-state index contributed by atoms with van der Waals surface area (Å²) in [5.41, 5.74) is 1.68. The van der Waals surface area contributed by atoms with E-state index >= 15 is 0 Å². The van der Waals surface area contributed by atoms with E-state index in [4.69, 9.17) is 0 Å². The lowest BCUT2D eigenvalue weighted by atomic mass is 10.1. The van der Waals surface area contributed by atoms with Gasteiger partial charge in [-0.3, -0.25) is 4.98 Å². The normalized spacial score (nSPS) is 10.7. The lowest BCUT2D eigenvalue weighted by molar-refractivity contribution is 0.594. The molecule has 0 aliphatic heterocycles. The first-order chi connectivity index (χ1) is 9.84. The maximum absolute atomic E-state index is 13.6. The average molecular weight is 267 g/mol. The van der Waals surface area contributed by atoms with Crippen LogP contribution in [0.3, 0.4) is 0 Å². The van der Waals surface area contributed by atoms with Crippen LogP contribution >= 0.6 is 0 Å². The SMILES string of the molecule is Fc1ccccc1CCn1ccnc1-c1cccnc1. The Bertz CT molecular complexity index is 692. The molecule has 4 heteroatoms. The van der Waals surface area contributed by atoms with E-state index in [1.165, 1.54) is 6.07 Å². The lowest BCUT2D eigenvalue weighted by Crippen LogP contribution is -2.04. The number of pyridine rings is 1. The Balaban J connectivity index is 1.80. The first-order valence-electron chi connectivity index (χ1n) is 6.49. The van der Waals surface area contributed by atoms with Crippen LogP contribution in [0.1, 0.15) is 5.56 Å². The van der Waals surface area contributed by atoms with Gasteiger partial charge >= 0.3 is 0 Å². The summed E-state index contributed by atoms with van der Waals surface area (Å²) in [5.74, 6) is 0.699. The fraction of sp³-hybridized carbons (Fsp3) is 0.125. The van der Waals surface area contributed by atoms with E-state index < -0.39 is 0 Å². The van der Waals surface area contributed by atoms with Crippen LogP contribution in [0.25, 0.3) is 11.4 Å². The summed E-state index contributed by atoms with van der Waals surface area (Å²) in [6, 6.07) is 10.7. The van der Waals surface area contributed by atoms with Crippen LogP contribution in [0, 0.1) is 5.82 Å². The molecule has 0 unspecified atom stereocenters. The van der Waals surface area contributed by atoms with Gasteiger partial charge in [0.1, 0.15) is 11.6 Å². The van der Waals surface area contributed by atoms with Crippen molar-refractivity contribution in [1.82, 2.24) is 14.5 Å². The van der Waals surface area contributed by atoms with E-state index in [-0.39, 0.29) is 5.82 Å². The van der Waals surface area contributed by atoms with Gasteiger partial charge in [0.2, 0.25) is 0 Å². The van der Waals surface area contributed by atoms with E-state index in [0.717, 1.165) is 17.0 Å². The third-order valence-electron chi connectivity index (χ3n) is 3.22. The van der Waals surface area contributed by atoms with Crippen molar-refractivity contribution in [3.63, 3.8) is 0 Å². The highest BCUT2D eigenvalue weighted by Gasteiger charge is 2.07. The number of hydrogen-bond acceptors (Lipinski definition) is 2. The zero-order valence-corrected chi connectivity index (χ0v) is 10.9. The van der Waals surface area contributed by atoms with Crippen molar-refractivity contribution in [2.45, 2.75) is 13.0 Å². The summed E-state index contributed by atoms with van der Waals surface area (Å²) in [7, 11) is 0. The number of aromatic nitrogens is 3. The van der Waals surface area contributed by atoms with Crippen molar-refractivity contribution < 1.29 is 4.39 Å². The summed E-state index contributed by atoms with van der Waals surface area (Å²) < 4.78 is 15.6. The smallest absolute Gasteiger partial charge is 0.141 e. The first kappa shape index (κ1) is 12.5. The van der Waals surface area contributed by atoms with Crippen LogP contribution < -0.4 is 0 Å². The molecular formula is C16H14FN3. The van der Waals surface area contributed by atoms with Crippen LogP contribution in [-0.4, -0.2) is 14.5 Å². The molecule has 1 aromatic carbocycles. The van der Waals surface area contributed by atoms with E-state index in [1.807, 2.05) is 35.0 Å². The predicted molar refractivity (Wildman–Crippen MR) is 75.6 cm³/mol. The van der Waals surface area contributed by atoms with Gasteiger partial charge in [0.05, 0.1) is 0 Å². The van der Waals surface area contributed by atoms with Gasteiger partial charge in [-0.15, -0.1) is 0 Å². The van der Waals surface area contributed by atoms with Gasteiger partial charge in [0.25, 0.3) is 0 Å². The fourth-order valence-electron chi connectivity index (χ4n) is 2.19. The largest absolute Gasteiger partial charge is 0.331 e. The Hall–Kier alpha value is -2.49. The molecule has 0 N–H and O–H groups in total. The van der Waals surface area contributed by atoms with Gasteiger partial charge < -0.3 is 4.57 Å². The first-order valence-corrected chi connectivity index (χ1v) is 6.49. The Morgan fingerprint density at radius 3 is 2.75 bits per heavy atom. The molecule has 20 heavy (non-hydrogen) atoms. The van der Waals surface area contributed by atoms with Crippen LogP contribution in [0.2, 0.25) is 0 Å². The molecule has 0 bridgehead atoms. The van der Waals surface area contributed by atoms with Gasteiger partial charge in [-0.2, -0.15) is 0 Å². The Labute approximate surface area is 116 Å². The maximum atomic E-state index is 13.6. The standard InChI is InChI=1S/C16H14FN3/c17-15-6-2-1-4-13(15)7-10-20-11-9-19-16(20)14-5-3-8-18-12-14/h1-6,8-9,11-12H,7,10H2. The van der Waals surface area contributed by atoms with Gasteiger partial charge in [0.15, 0.2) is 0 Å². The van der Waals surface area contributed by atoms with Crippen LogP contribution in [-0.2, 0) is 13.0 Å². The number of halogens is 1. The van der Waals surface area contributed by atoms with Crippen molar-refractivity contribution in [2.24, 2.45) is 0 Å². The van der Waals surface area contributed by atoms with Crippen molar-refractivity contribution in [2.75, 3.05) is 0 Å². The molecular weight excluding hydrogens is 253 g/mol. The number of aryl methyl sites for hydroxylation is 2. The van der Waals surface area contributed by atoms with Crippen LogP contribution in [0.4, 0.5) is 4.39 Å². The molecule has 2 aromatic heterocycles. The fourth-order valence-corrected chi connectivity index (χ4v) is 2.19. The second-order valence-corrected chi connectivity index (χ2v) is 4.53. The molecule has 0 aliphatic rings. The van der Waals surface area contributed by atoms with Crippen LogP contribution in [0.15, 0.2) is 61.2 Å².